The first kappa shape index (κ1) is 43.8. The van der Waals surface area contributed by atoms with Crippen molar-refractivity contribution in [2.24, 2.45) is 0 Å². The third-order valence-electron chi connectivity index (χ3n) is 10.7. The van der Waals surface area contributed by atoms with E-state index in [0.717, 1.165) is 5.56 Å². The van der Waals surface area contributed by atoms with E-state index in [1.54, 1.807) is 128 Å². The van der Waals surface area contributed by atoms with Gasteiger partial charge in [0, 0.05) is 5.56 Å². The van der Waals surface area contributed by atoms with Crippen molar-refractivity contribution in [2.45, 2.75) is 80.7 Å². The third-order valence-corrected chi connectivity index (χ3v) is 11.8. The number of benzene rings is 5. The molecular weight excluding hydrogens is 829 g/mol. The van der Waals surface area contributed by atoms with Crippen LogP contribution in [-0.2, 0) is 42.6 Å². The Morgan fingerprint density at radius 3 is 1.43 bits per heavy atom. The second-order valence-electron chi connectivity index (χ2n) is 14.9. The van der Waals surface area contributed by atoms with Crippen molar-refractivity contribution in [3.05, 3.63) is 179 Å². The Bertz CT molecular complexity index is 2290. The van der Waals surface area contributed by atoms with Crippen LogP contribution in [0.5, 0.6) is 0 Å². The zero-order valence-electron chi connectivity index (χ0n) is 34.4. The van der Waals surface area contributed by atoms with Crippen LogP contribution in [0.25, 0.3) is 0 Å². The first-order valence-electron chi connectivity index (χ1n) is 20.7. The van der Waals surface area contributed by atoms with Crippen molar-refractivity contribution >= 4 is 35.6 Å². The summed E-state index contributed by atoms with van der Waals surface area (Å²) in [5.41, 5.74) is 0.839. The fourth-order valence-corrected chi connectivity index (χ4v) is 8.58. The van der Waals surface area contributed by atoms with E-state index < -0.39 is 90.7 Å². The third kappa shape index (κ3) is 10.3. The summed E-state index contributed by atoms with van der Waals surface area (Å²) in [5.74, 6) is -2.38. The second-order valence-corrected chi connectivity index (χ2v) is 16.3. The number of hydrogen-bond donors (Lipinski definition) is 0. The summed E-state index contributed by atoms with van der Waals surface area (Å²) >= 11 is 1.39. The standard InChI is InChI=1S/C49H46O13S/c1-3-63-49-42(60-46(53)34-25-15-7-16-26-34)40(38-36(56-49)29-54-47(61-38)35-27-17-8-18-28-35)62-48-41(59-45(52)33-23-13-6-14-24-33)39(58-44(51)32-21-11-5-12-22-32)37(30(2)55-48)57-43(50)31-19-9-4-10-20-31/h4-28,30,36-42,47-49H,3,29H2,1-2H3/t30-,36+,37-,38+,39+,40-,41+,42+,47?,48-,49-/m0/s1. The van der Waals surface area contributed by atoms with Crippen LogP contribution in [0, 0.1) is 0 Å². The quantitative estimate of drug-likeness (QED) is 0.0843. The first-order valence-corrected chi connectivity index (χ1v) is 21.8. The molecule has 1 unspecified atom stereocenters. The molecule has 5 aromatic carbocycles. The van der Waals surface area contributed by atoms with E-state index in [1.165, 1.54) is 11.8 Å². The van der Waals surface area contributed by atoms with E-state index in [-0.39, 0.29) is 23.3 Å². The minimum Gasteiger partial charge on any atom is -0.452 e. The molecule has 3 heterocycles. The minimum atomic E-state index is -1.58. The lowest BCUT2D eigenvalue weighted by Crippen LogP contribution is -2.67. The van der Waals surface area contributed by atoms with E-state index in [0.29, 0.717) is 11.3 Å². The fourth-order valence-electron chi connectivity index (χ4n) is 7.63. The Balaban J connectivity index is 1.21. The lowest BCUT2D eigenvalue weighted by molar-refractivity contribution is -0.362. The Morgan fingerprint density at radius 1 is 0.524 bits per heavy atom. The van der Waals surface area contributed by atoms with Crippen LogP contribution in [0.1, 0.15) is 67.1 Å². The predicted molar refractivity (Wildman–Crippen MR) is 229 cm³/mol. The van der Waals surface area contributed by atoms with Crippen molar-refractivity contribution in [1.82, 2.24) is 0 Å². The number of rotatable bonds is 13. The van der Waals surface area contributed by atoms with Gasteiger partial charge in [-0.2, -0.15) is 0 Å². The molecule has 3 aliphatic rings. The molecule has 14 heteroatoms. The maximum absolute atomic E-state index is 14.1. The summed E-state index contributed by atoms with van der Waals surface area (Å²) in [6.45, 7) is 3.66. The average Bonchev–Trinajstić information content (AvgIpc) is 3.33. The van der Waals surface area contributed by atoms with Crippen LogP contribution in [0.3, 0.4) is 0 Å². The number of fused-ring (bicyclic) bond motifs is 1. The molecule has 0 spiro atoms. The summed E-state index contributed by atoms with van der Waals surface area (Å²) in [4.78, 5) is 55.8. The average molecular weight is 875 g/mol. The smallest absolute Gasteiger partial charge is 0.338 e. The summed E-state index contributed by atoms with van der Waals surface area (Å²) < 4.78 is 58.0. The Hall–Kier alpha value is -5.87. The normalized spacial score (nSPS) is 27.8. The SMILES string of the molecule is CCS[C@@H]1O[C@@H]2COC(c3ccccc3)O[C@H]2[C@H](O[C@@H]2O[C@@H](C)[C@H](OC(=O)c3ccccc3)[C@@H](OC(=O)c3ccccc3)[C@H]2OC(=O)c2ccccc2)[C@H]1OC(=O)c1ccccc1. The summed E-state index contributed by atoms with van der Waals surface area (Å²) in [6, 6.07) is 42.6. The van der Waals surface area contributed by atoms with Gasteiger partial charge in [0.15, 0.2) is 37.0 Å². The zero-order chi connectivity index (χ0) is 43.7. The van der Waals surface area contributed by atoms with Gasteiger partial charge in [-0.05, 0) is 61.2 Å². The molecule has 3 aliphatic heterocycles. The minimum absolute atomic E-state index is 0.0907. The van der Waals surface area contributed by atoms with Crippen LogP contribution in [0.4, 0.5) is 0 Å². The molecule has 63 heavy (non-hydrogen) atoms. The summed E-state index contributed by atoms with van der Waals surface area (Å²) in [7, 11) is 0. The van der Waals surface area contributed by atoms with E-state index >= 15 is 0 Å². The summed E-state index contributed by atoms with van der Waals surface area (Å²) in [5, 5.41) is 0. The van der Waals surface area contributed by atoms with Gasteiger partial charge in [-0.1, -0.05) is 110 Å². The molecule has 0 aromatic heterocycles. The molecule has 8 rings (SSSR count). The van der Waals surface area contributed by atoms with Crippen molar-refractivity contribution in [1.29, 1.82) is 0 Å². The highest BCUT2D eigenvalue weighted by molar-refractivity contribution is 7.99. The molecule has 13 nitrogen and oxygen atoms in total. The van der Waals surface area contributed by atoms with Crippen LogP contribution in [0.2, 0.25) is 0 Å². The molecule has 0 radical (unpaired) electrons. The van der Waals surface area contributed by atoms with Crippen LogP contribution < -0.4 is 0 Å². The van der Waals surface area contributed by atoms with Crippen molar-refractivity contribution in [3.8, 4) is 0 Å². The van der Waals surface area contributed by atoms with Gasteiger partial charge >= 0.3 is 23.9 Å². The van der Waals surface area contributed by atoms with E-state index in [4.69, 9.17) is 42.6 Å². The number of ether oxygens (including phenoxy) is 9. The molecule has 0 N–H and O–H groups in total. The van der Waals surface area contributed by atoms with E-state index in [9.17, 15) is 19.2 Å². The number of carbonyl (C=O) groups is 4. The number of thioether (sulfide) groups is 1. The largest absolute Gasteiger partial charge is 0.452 e. The second kappa shape index (κ2) is 20.5. The van der Waals surface area contributed by atoms with E-state index in [2.05, 4.69) is 0 Å². The molecule has 0 amide bonds. The van der Waals surface area contributed by atoms with Gasteiger partial charge in [0.2, 0.25) is 0 Å². The number of carbonyl (C=O) groups excluding carboxylic acids is 4. The Kier molecular flexibility index (Phi) is 14.3. The highest BCUT2D eigenvalue weighted by atomic mass is 32.2. The molecule has 0 bridgehead atoms. The number of hydrogen-bond acceptors (Lipinski definition) is 14. The molecule has 3 saturated heterocycles. The first-order chi connectivity index (χ1) is 30.8. The lowest BCUT2D eigenvalue weighted by Gasteiger charge is -2.51. The monoisotopic (exact) mass is 874 g/mol. The van der Waals surface area contributed by atoms with Gasteiger partial charge in [0.1, 0.15) is 23.7 Å². The molecular formula is C49H46O13S. The van der Waals surface area contributed by atoms with Crippen LogP contribution in [-0.4, -0.2) is 96.8 Å². The van der Waals surface area contributed by atoms with Crippen molar-refractivity contribution in [2.75, 3.05) is 12.4 Å². The van der Waals surface area contributed by atoms with E-state index in [1.807, 2.05) is 37.3 Å². The van der Waals surface area contributed by atoms with Gasteiger partial charge in [0.25, 0.3) is 0 Å². The molecule has 3 fully saturated rings. The molecule has 5 aromatic rings. The fraction of sp³-hybridized carbons (Fsp3) is 0.306. The molecule has 0 saturated carbocycles. The summed E-state index contributed by atoms with van der Waals surface area (Å²) in [6.07, 6.45) is -11.8. The van der Waals surface area contributed by atoms with Gasteiger partial charge < -0.3 is 42.6 Å². The van der Waals surface area contributed by atoms with Crippen LogP contribution in [0.15, 0.2) is 152 Å². The Labute approximate surface area is 368 Å². The Morgan fingerprint density at radius 2 is 0.952 bits per heavy atom. The predicted octanol–water partition coefficient (Wildman–Crippen LogP) is 7.61. The maximum Gasteiger partial charge on any atom is 0.338 e. The lowest BCUT2D eigenvalue weighted by atomic mass is 9.96. The van der Waals surface area contributed by atoms with Gasteiger partial charge in [-0.25, -0.2) is 19.2 Å². The molecule has 326 valence electrons. The molecule has 11 atom stereocenters. The highest BCUT2D eigenvalue weighted by Crippen LogP contribution is 2.42. The van der Waals surface area contributed by atoms with Crippen LogP contribution >= 0.6 is 11.8 Å². The van der Waals surface area contributed by atoms with Gasteiger partial charge in [0.05, 0.1) is 35.0 Å². The van der Waals surface area contributed by atoms with Gasteiger partial charge in [-0.3, -0.25) is 0 Å². The maximum atomic E-state index is 14.1. The number of esters is 4. The topological polar surface area (TPSA) is 151 Å². The van der Waals surface area contributed by atoms with Gasteiger partial charge in [-0.15, -0.1) is 11.8 Å². The highest BCUT2D eigenvalue weighted by Gasteiger charge is 2.57. The van der Waals surface area contributed by atoms with Crippen molar-refractivity contribution in [3.63, 3.8) is 0 Å². The zero-order valence-corrected chi connectivity index (χ0v) is 35.2. The molecule has 0 aliphatic carbocycles. The van der Waals surface area contributed by atoms with Crippen molar-refractivity contribution < 1.29 is 61.8 Å².